The highest BCUT2D eigenvalue weighted by atomic mass is 32.2. The molecule has 3 N–H and O–H groups in total. The first-order valence-electron chi connectivity index (χ1n) is 10.5. The van der Waals surface area contributed by atoms with Gasteiger partial charge in [-0.1, -0.05) is 18.2 Å². The molecule has 0 radical (unpaired) electrons. The molecule has 0 amide bonds. The zero-order valence-corrected chi connectivity index (χ0v) is 21.1. The summed E-state index contributed by atoms with van der Waals surface area (Å²) in [7, 11) is 0. The molecule has 32 heavy (non-hydrogen) atoms. The Kier molecular flexibility index (Phi) is 15.4. The van der Waals surface area contributed by atoms with Crippen LogP contribution >= 0.6 is 35.3 Å². The molecule has 0 saturated heterocycles. The molecule has 0 spiro atoms. The van der Waals surface area contributed by atoms with Crippen molar-refractivity contribution >= 4 is 53.2 Å². The van der Waals surface area contributed by atoms with Gasteiger partial charge in [0.1, 0.15) is 6.04 Å². The lowest BCUT2D eigenvalue weighted by atomic mass is 10.1. The van der Waals surface area contributed by atoms with Crippen LogP contribution in [0.2, 0.25) is 0 Å². The SMILES string of the molecule is CCOC(=O)CCSCc1cc(CSCCC(=O)OCC)cc(CSC[C@H](N)C(=O)O)c1. The summed E-state index contributed by atoms with van der Waals surface area (Å²) in [4.78, 5) is 33.9. The third kappa shape index (κ3) is 13.2. The number of benzene rings is 1. The van der Waals surface area contributed by atoms with E-state index in [0.717, 1.165) is 28.2 Å². The lowest BCUT2D eigenvalue weighted by molar-refractivity contribution is -0.143. The molecule has 180 valence electrons. The van der Waals surface area contributed by atoms with E-state index in [4.69, 9.17) is 20.3 Å². The molecule has 1 aromatic carbocycles. The van der Waals surface area contributed by atoms with Crippen LogP contribution in [0, 0.1) is 0 Å². The Morgan fingerprint density at radius 3 is 1.62 bits per heavy atom. The Hall–Kier alpha value is -1.36. The molecule has 0 aliphatic carbocycles. The van der Waals surface area contributed by atoms with Gasteiger partial charge in [-0.2, -0.15) is 35.3 Å². The van der Waals surface area contributed by atoms with Gasteiger partial charge in [0.15, 0.2) is 0 Å². The van der Waals surface area contributed by atoms with E-state index < -0.39 is 12.0 Å². The van der Waals surface area contributed by atoms with E-state index in [-0.39, 0.29) is 11.9 Å². The molecular formula is C22H33NO6S3. The number of carbonyl (C=O) groups is 3. The van der Waals surface area contributed by atoms with Crippen molar-refractivity contribution in [2.75, 3.05) is 30.5 Å². The minimum atomic E-state index is -0.997. The van der Waals surface area contributed by atoms with Gasteiger partial charge >= 0.3 is 17.9 Å². The van der Waals surface area contributed by atoms with E-state index in [0.29, 0.717) is 49.1 Å². The number of carboxylic acid groups (broad SMARTS) is 1. The fourth-order valence-corrected chi connectivity index (χ4v) is 5.25. The molecule has 0 aliphatic heterocycles. The summed E-state index contributed by atoms with van der Waals surface area (Å²) in [5, 5.41) is 8.94. The Morgan fingerprint density at radius 2 is 1.25 bits per heavy atom. The second kappa shape index (κ2) is 17.2. The number of esters is 2. The van der Waals surface area contributed by atoms with E-state index >= 15 is 0 Å². The number of hydrogen-bond acceptors (Lipinski definition) is 9. The average Bonchev–Trinajstić information content (AvgIpc) is 2.74. The van der Waals surface area contributed by atoms with E-state index in [9.17, 15) is 14.4 Å². The van der Waals surface area contributed by atoms with Gasteiger partial charge in [0, 0.05) is 34.5 Å². The van der Waals surface area contributed by atoms with Crippen LogP contribution in [-0.2, 0) is 41.1 Å². The van der Waals surface area contributed by atoms with Crippen molar-refractivity contribution < 1.29 is 29.0 Å². The highest BCUT2D eigenvalue weighted by Crippen LogP contribution is 2.23. The Bertz CT molecular complexity index is 687. The summed E-state index contributed by atoms with van der Waals surface area (Å²) in [5.74, 6) is 2.57. The van der Waals surface area contributed by atoms with E-state index in [1.54, 1.807) is 37.4 Å². The highest BCUT2D eigenvalue weighted by molar-refractivity contribution is 7.99. The average molecular weight is 504 g/mol. The monoisotopic (exact) mass is 503 g/mol. The standard InChI is InChI=1S/C22H33NO6S3/c1-3-28-20(24)5-7-30-12-16-9-17(13-31-8-6-21(25)29-4-2)11-18(10-16)14-32-15-19(23)22(26)27/h9-11,19H,3-8,12-15,23H2,1-2H3,(H,26,27)/t19-/m0/s1. The second-order valence-electron chi connectivity index (χ2n) is 6.83. The van der Waals surface area contributed by atoms with Crippen molar-refractivity contribution in [2.45, 2.75) is 50.0 Å². The van der Waals surface area contributed by atoms with Crippen LogP contribution in [0.1, 0.15) is 43.4 Å². The van der Waals surface area contributed by atoms with Crippen molar-refractivity contribution in [2.24, 2.45) is 5.73 Å². The summed E-state index contributed by atoms with van der Waals surface area (Å²) >= 11 is 4.84. The number of carboxylic acids is 1. The van der Waals surface area contributed by atoms with Gasteiger partial charge in [-0.05, 0) is 30.5 Å². The van der Waals surface area contributed by atoms with Crippen LogP contribution in [0.3, 0.4) is 0 Å². The quantitative estimate of drug-likeness (QED) is 0.241. The predicted octanol–water partition coefficient (Wildman–Crippen LogP) is 3.70. The van der Waals surface area contributed by atoms with Crippen LogP contribution in [-0.4, -0.2) is 59.5 Å². The van der Waals surface area contributed by atoms with Crippen molar-refractivity contribution in [3.8, 4) is 0 Å². The number of ether oxygens (including phenoxy) is 2. The minimum Gasteiger partial charge on any atom is -0.480 e. The van der Waals surface area contributed by atoms with E-state index in [1.807, 2.05) is 0 Å². The van der Waals surface area contributed by atoms with Crippen molar-refractivity contribution in [1.29, 1.82) is 0 Å². The molecule has 10 heteroatoms. The van der Waals surface area contributed by atoms with Crippen molar-refractivity contribution in [3.05, 3.63) is 34.9 Å². The number of aliphatic carboxylic acids is 1. The minimum absolute atomic E-state index is 0.182. The molecule has 0 fully saturated rings. The predicted molar refractivity (Wildman–Crippen MR) is 133 cm³/mol. The summed E-state index contributed by atoms with van der Waals surface area (Å²) in [6.07, 6.45) is 0.773. The maximum atomic E-state index is 11.5. The maximum absolute atomic E-state index is 11.5. The van der Waals surface area contributed by atoms with Crippen LogP contribution in [0.4, 0.5) is 0 Å². The molecule has 0 aromatic heterocycles. The fourth-order valence-electron chi connectivity index (χ4n) is 2.62. The van der Waals surface area contributed by atoms with Crippen LogP contribution in [0.5, 0.6) is 0 Å². The zero-order valence-electron chi connectivity index (χ0n) is 18.7. The molecule has 0 unspecified atom stereocenters. The topological polar surface area (TPSA) is 116 Å². The van der Waals surface area contributed by atoms with Crippen molar-refractivity contribution in [3.63, 3.8) is 0 Å². The molecular weight excluding hydrogens is 470 g/mol. The number of hydrogen-bond donors (Lipinski definition) is 2. The first-order valence-corrected chi connectivity index (χ1v) is 14.0. The van der Waals surface area contributed by atoms with Gasteiger partial charge in [-0.25, -0.2) is 0 Å². The van der Waals surface area contributed by atoms with Gasteiger partial charge in [0.05, 0.1) is 26.1 Å². The molecule has 0 bridgehead atoms. The molecule has 0 aliphatic rings. The number of nitrogens with two attached hydrogens (primary N) is 1. The second-order valence-corrected chi connectivity index (χ2v) is 10.1. The van der Waals surface area contributed by atoms with E-state index in [1.165, 1.54) is 11.8 Å². The summed E-state index contributed by atoms with van der Waals surface area (Å²) in [6.45, 7) is 4.38. The molecule has 1 rings (SSSR count). The van der Waals surface area contributed by atoms with Crippen LogP contribution < -0.4 is 5.73 Å². The number of thioether (sulfide) groups is 3. The molecule has 1 atom stereocenters. The Balaban J connectivity index is 2.65. The largest absolute Gasteiger partial charge is 0.480 e. The molecule has 0 saturated carbocycles. The lowest BCUT2D eigenvalue weighted by Crippen LogP contribution is -2.32. The van der Waals surface area contributed by atoms with Crippen LogP contribution in [0.15, 0.2) is 18.2 Å². The summed E-state index contributed by atoms with van der Waals surface area (Å²) < 4.78 is 9.91. The summed E-state index contributed by atoms with van der Waals surface area (Å²) in [5.41, 5.74) is 9.01. The lowest BCUT2D eigenvalue weighted by Gasteiger charge is -2.11. The first-order chi connectivity index (χ1) is 15.3. The Labute approximate surface area is 202 Å². The maximum Gasteiger partial charge on any atom is 0.321 e. The third-order valence-electron chi connectivity index (χ3n) is 4.04. The van der Waals surface area contributed by atoms with Crippen LogP contribution in [0.25, 0.3) is 0 Å². The smallest absolute Gasteiger partial charge is 0.321 e. The van der Waals surface area contributed by atoms with Gasteiger partial charge in [-0.3, -0.25) is 14.4 Å². The Morgan fingerprint density at radius 1 is 0.844 bits per heavy atom. The first kappa shape index (κ1) is 28.7. The van der Waals surface area contributed by atoms with Gasteiger partial charge in [0.2, 0.25) is 0 Å². The number of rotatable bonds is 17. The summed E-state index contributed by atoms with van der Waals surface area (Å²) in [6, 6.07) is 5.50. The van der Waals surface area contributed by atoms with Gasteiger partial charge < -0.3 is 20.3 Å². The van der Waals surface area contributed by atoms with Gasteiger partial charge in [0.25, 0.3) is 0 Å². The van der Waals surface area contributed by atoms with Crippen molar-refractivity contribution in [1.82, 2.24) is 0 Å². The normalized spacial score (nSPS) is 11.7. The fraction of sp³-hybridized carbons (Fsp3) is 0.591. The van der Waals surface area contributed by atoms with Gasteiger partial charge in [-0.15, -0.1) is 0 Å². The molecule has 1 aromatic rings. The van der Waals surface area contributed by atoms with E-state index in [2.05, 4.69) is 18.2 Å². The highest BCUT2D eigenvalue weighted by Gasteiger charge is 2.12. The number of carbonyl (C=O) groups excluding carboxylic acids is 2. The molecule has 0 heterocycles. The molecule has 7 nitrogen and oxygen atoms in total. The zero-order chi connectivity index (χ0) is 23.8. The third-order valence-corrected chi connectivity index (χ3v) is 7.24.